The highest BCUT2D eigenvalue weighted by Gasteiger charge is 2.70. The standard InChI is InChI=1S/C49H84O17/c1-24-40(62-39-21-19-32(54-11)30(7)59-39)26(3)47(10,52)65-41(24)35-17-16-33(60-35)34-18-20-37(61-34)46(9)43(57-14)28(5)49(66-46)25(2)36(55-12)22-31(63-49)23-38-45(8,58-15)42(56-13)27(4)48(53,64-38)29(6)44(50)51/h24-43,52-53H,16-23H2,1-15H3,(H,50,51)/t24-,25+,26+,27+,28-,29-,30-,31-,32+,33+,34-,35-,36-,37+,38+,39+,40-,41-,42+,43-,45+,46+,47+,48+,49-/m0/s1. The van der Waals surface area contributed by atoms with Crippen LogP contribution in [0.3, 0.4) is 0 Å². The molecule has 7 saturated heterocycles. The summed E-state index contributed by atoms with van der Waals surface area (Å²) in [6, 6.07) is 0. The van der Waals surface area contributed by atoms with Gasteiger partial charge in [-0.15, -0.1) is 0 Å². The highest BCUT2D eigenvalue weighted by atomic mass is 16.7. The monoisotopic (exact) mass is 945 g/mol. The van der Waals surface area contributed by atoms with E-state index in [1.165, 1.54) is 14.0 Å². The Morgan fingerprint density at radius 1 is 0.697 bits per heavy atom. The largest absolute Gasteiger partial charge is 0.481 e. The van der Waals surface area contributed by atoms with Gasteiger partial charge in [0.1, 0.15) is 17.1 Å². The van der Waals surface area contributed by atoms with Crippen molar-refractivity contribution in [3.63, 3.8) is 0 Å². The van der Waals surface area contributed by atoms with Gasteiger partial charge in [0.05, 0.1) is 79.4 Å². The number of carbonyl (C=O) groups is 1. The van der Waals surface area contributed by atoms with E-state index in [-0.39, 0.29) is 78.9 Å². The van der Waals surface area contributed by atoms with Gasteiger partial charge in [0, 0.05) is 84.4 Å². The molecule has 66 heavy (non-hydrogen) atoms. The predicted octanol–water partition coefficient (Wildman–Crippen LogP) is 5.22. The van der Waals surface area contributed by atoms with Crippen molar-refractivity contribution in [1.82, 2.24) is 0 Å². The minimum Gasteiger partial charge on any atom is -0.481 e. The Hall–Kier alpha value is -1.13. The molecule has 0 aromatic heterocycles. The fraction of sp³-hybridized carbons (Fsp3) is 0.980. The summed E-state index contributed by atoms with van der Waals surface area (Å²) in [4.78, 5) is 12.3. The quantitative estimate of drug-likeness (QED) is 0.205. The molecule has 0 bridgehead atoms. The van der Waals surface area contributed by atoms with Crippen molar-refractivity contribution in [3.05, 3.63) is 0 Å². The van der Waals surface area contributed by atoms with Gasteiger partial charge in [0.2, 0.25) is 0 Å². The van der Waals surface area contributed by atoms with Gasteiger partial charge in [-0.1, -0.05) is 34.6 Å². The molecule has 382 valence electrons. The van der Waals surface area contributed by atoms with Crippen molar-refractivity contribution >= 4 is 5.97 Å². The minimum absolute atomic E-state index is 0.0246. The van der Waals surface area contributed by atoms with E-state index in [9.17, 15) is 20.1 Å². The van der Waals surface area contributed by atoms with Gasteiger partial charge in [-0.2, -0.15) is 0 Å². The van der Waals surface area contributed by atoms with Crippen LogP contribution in [0.1, 0.15) is 121 Å². The molecular formula is C49H84O17. The fourth-order valence-corrected chi connectivity index (χ4v) is 13.5. The molecule has 0 unspecified atom stereocenters. The van der Waals surface area contributed by atoms with E-state index < -0.39 is 83.2 Å². The molecule has 3 N–H and O–H groups in total. The maximum atomic E-state index is 12.3. The van der Waals surface area contributed by atoms with Crippen molar-refractivity contribution in [3.8, 4) is 0 Å². The van der Waals surface area contributed by atoms with Crippen LogP contribution in [0.2, 0.25) is 0 Å². The van der Waals surface area contributed by atoms with E-state index in [0.29, 0.717) is 19.3 Å². The lowest BCUT2D eigenvalue weighted by Crippen LogP contribution is -2.70. The number of aliphatic carboxylic acids is 1. The van der Waals surface area contributed by atoms with Crippen molar-refractivity contribution in [1.29, 1.82) is 0 Å². The first-order valence-corrected chi connectivity index (χ1v) is 24.7. The molecule has 25 atom stereocenters. The highest BCUT2D eigenvalue weighted by Crippen LogP contribution is 2.57. The first-order valence-electron chi connectivity index (χ1n) is 24.7. The maximum absolute atomic E-state index is 12.3. The topological polar surface area (TPSA) is 198 Å². The number of carboxylic acid groups (broad SMARTS) is 1. The lowest BCUT2D eigenvalue weighted by Gasteiger charge is -2.57. The van der Waals surface area contributed by atoms with Crippen LogP contribution < -0.4 is 0 Å². The van der Waals surface area contributed by atoms with Gasteiger partial charge in [0.15, 0.2) is 23.7 Å². The SMILES string of the molecule is CO[C@H]1C[C@@H](C[C@H]2O[C@@](O)([C@@H](C)C(=O)O)[C@H](C)[C@@H](OC)[C@]2(C)OC)O[C@]2(O[C@](C)([C@H]3CC[C@@H]([C@H]4CC[C@@H]([C@H]5O[C@@](C)(O)[C@H](C)[C@@H](O[C@@H]6CC[C@@H](OC)[C@H](C)O6)[C@@H]5C)O4)O3)[C@@H](OC)[C@@H]2C)[C@@H]1C. The summed E-state index contributed by atoms with van der Waals surface area (Å²) in [6.45, 7) is 19.0. The molecule has 0 saturated carbocycles. The molecule has 0 aromatic carbocycles. The Labute approximate surface area is 392 Å². The Morgan fingerprint density at radius 3 is 1.94 bits per heavy atom. The molecule has 0 aliphatic carbocycles. The van der Waals surface area contributed by atoms with Crippen LogP contribution >= 0.6 is 0 Å². The maximum Gasteiger partial charge on any atom is 0.311 e. The zero-order valence-electron chi connectivity index (χ0n) is 42.3. The van der Waals surface area contributed by atoms with E-state index in [1.54, 1.807) is 42.3 Å². The number of ether oxygens (including phenoxy) is 13. The Balaban J connectivity index is 1.05. The van der Waals surface area contributed by atoms with Crippen LogP contribution in [0, 0.1) is 35.5 Å². The van der Waals surface area contributed by atoms with Crippen LogP contribution in [0.15, 0.2) is 0 Å². The molecule has 7 aliphatic heterocycles. The molecule has 17 heteroatoms. The second-order valence-corrected chi connectivity index (χ2v) is 21.5. The van der Waals surface area contributed by atoms with Crippen molar-refractivity contribution in [2.24, 2.45) is 35.5 Å². The van der Waals surface area contributed by atoms with Crippen molar-refractivity contribution in [2.75, 3.05) is 35.5 Å². The predicted molar refractivity (Wildman–Crippen MR) is 237 cm³/mol. The number of methoxy groups -OCH3 is 5. The normalized spacial score (nSPS) is 53.9. The third-order valence-electron chi connectivity index (χ3n) is 17.9. The lowest BCUT2D eigenvalue weighted by molar-refractivity contribution is -0.384. The zero-order valence-corrected chi connectivity index (χ0v) is 42.3. The van der Waals surface area contributed by atoms with Crippen LogP contribution in [-0.2, 0) is 66.4 Å². The molecule has 0 amide bonds. The average molecular weight is 945 g/mol. The van der Waals surface area contributed by atoms with Gasteiger partial charge < -0.3 is 76.9 Å². The third-order valence-corrected chi connectivity index (χ3v) is 17.9. The highest BCUT2D eigenvalue weighted by molar-refractivity contribution is 5.70. The summed E-state index contributed by atoms with van der Waals surface area (Å²) >= 11 is 0. The summed E-state index contributed by atoms with van der Waals surface area (Å²) in [5.41, 5.74) is -2.02. The molecule has 1 spiro atoms. The number of hydrogen-bond donors (Lipinski definition) is 3. The van der Waals surface area contributed by atoms with E-state index in [4.69, 9.17) is 61.6 Å². The van der Waals surface area contributed by atoms with Gasteiger partial charge in [0.25, 0.3) is 0 Å². The lowest BCUT2D eigenvalue weighted by atomic mass is 9.71. The first kappa shape index (κ1) is 52.7. The van der Waals surface area contributed by atoms with E-state index in [2.05, 4.69) is 27.7 Å². The second kappa shape index (κ2) is 19.8. The van der Waals surface area contributed by atoms with Crippen LogP contribution in [0.5, 0.6) is 0 Å². The summed E-state index contributed by atoms with van der Waals surface area (Å²) in [7, 11) is 8.19. The second-order valence-electron chi connectivity index (χ2n) is 21.5. The van der Waals surface area contributed by atoms with Crippen molar-refractivity contribution in [2.45, 2.75) is 235 Å². The third kappa shape index (κ3) is 8.96. The van der Waals surface area contributed by atoms with Gasteiger partial charge in [-0.05, 0) is 66.7 Å². The van der Waals surface area contributed by atoms with E-state index in [0.717, 1.165) is 25.7 Å². The molecule has 7 rings (SSSR count). The summed E-state index contributed by atoms with van der Waals surface area (Å²) < 4.78 is 84.5. The minimum atomic E-state index is -2.06. The van der Waals surface area contributed by atoms with Gasteiger partial charge >= 0.3 is 5.97 Å². The molecule has 7 heterocycles. The van der Waals surface area contributed by atoms with Crippen molar-refractivity contribution < 1.29 is 81.7 Å². The fourth-order valence-electron chi connectivity index (χ4n) is 13.5. The molecule has 7 fully saturated rings. The molecule has 0 aromatic rings. The number of rotatable bonds is 14. The smallest absolute Gasteiger partial charge is 0.311 e. The van der Waals surface area contributed by atoms with E-state index >= 15 is 0 Å². The Bertz CT molecular complexity index is 1650. The van der Waals surface area contributed by atoms with Gasteiger partial charge in [-0.3, -0.25) is 4.79 Å². The zero-order chi connectivity index (χ0) is 48.5. The van der Waals surface area contributed by atoms with Gasteiger partial charge in [-0.25, -0.2) is 0 Å². The van der Waals surface area contributed by atoms with Crippen LogP contribution in [0.25, 0.3) is 0 Å². The number of hydrogen-bond acceptors (Lipinski definition) is 16. The Morgan fingerprint density at radius 2 is 1.33 bits per heavy atom. The molecule has 17 nitrogen and oxygen atoms in total. The molecule has 7 aliphatic rings. The summed E-state index contributed by atoms with van der Waals surface area (Å²) in [5.74, 6) is -8.76. The van der Waals surface area contributed by atoms with E-state index in [1.807, 2.05) is 20.8 Å². The average Bonchev–Trinajstić information content (AvgIpc) is 4.02. The Kier molecular flexibility index (Phi) is 15.8. The molecule has 0 radical (unpaired) electrons. The summed E-state index contributed by atoms with van der Waals surface area (Å²) in [5, 5.41) is 33.6. The number of carboxylic acids is 1. The number of aliphatic hydroxyl groups is 2. The summed E-state index contributed by atoms with van der Waals surface area (Å²) in [6.07, 6.45) is 0.210. The first-order chi connectivity index (χ1) is 31.0. The van der Waals surface area contributed by atoms with Crippen LogP contribution in [0.4, 0.5) is 0 Å². The van der Waals surface area contributed by atoms with Crippen LogP contribution in [-0.4, -0.2) is 171 Å². The molecular weight excluding hydrogens is 861 g/mol.